The molecular weight excluding hydrogens is 257 g/mol. The first kappa shape index (κ1) is 16.6. The van der Waals surface area contributed by atoms with Crippen molar-refractivity contribution in [1.82, 2.24) is 5.32 Å². The van der Waals surface area contributed by atoms with E-state index in [-0.39, 0.29) is 11.9 Å². The lowest BCUT2D eigenvalue weighted by Gasteiger charge is -2.20. The highest BCUT2D eigenvalue weighted by Gasteiger charge is 2.18. The van der Waals surface area contributed by atoms with Gasteiger partial charge in [-0.05, 0) is 43.9 Å². The molecule has 112 valence electrons. The molecule has 1 aromatic rings. The molecule has 0 aliphatic carbocycles. The van der Waals surface area contributed by atoms with E-state index in [2.05, 4.69) is 5.32 Å². The number of carbonyl (C=O) groups is 1. The van der Waals surface area contributed by atoms with E-state index < -0.39 is 12.0 Å². The van der Waals surface area contributed by atoms with Crippen LogP contribution in [0.3, 0.4) is 0 Å². The summed E-state index contributed by atoms with van der Waals surface area (Å²) in [7, 11) is 0. The van der Waals surface area contributed by atoms with Crippen molar-refractivity contribution in [2.75, 3.05) is 0 Å². The van der Waals surface area contributed by atoms with Crippen LogP contribution in [0, 0.1) is 5.82 Å². The second kappa shape index (κ2) is 8.69. The summed E-state index contributed by atoms with van der Waals surface area (Å²) < 4.78 is 13.1. The molecule has 2 atom stereocenters. The highest BCUT2D eigenvalue weighted by atomic mass is 19.1. The average Bonchev–Trinajstić information content (AvgIpc) is 2.41. The molecule has 1 rings (SSSR count). The Morgan fingerprint density at radius 1 is 1.40 bits per heavy atom. The maximum Gasteiger partial charge on any atom is 0.320 e. The van der Waals surface area contributed by atoms with Crippen molar-refractivity contribution in [2.45, 2.75) is 58.0 Å². The van der Waals surface area contributed by atoms with E-state index in [4.69, 9.17) is 5.11 Å². The van der Waals surface area contributed by atoms with Crippen LogP contribution in [0.2, 0.25) is 0 Å². The topological polar surface area (TPSA) is 49.3 Å². The van der Waals surface area contributed by atoms with E-state index in [1.165, 1.54) is 12.1 Å². The Kier molecular flexibility index (Phi) is 7.23. The molecular formula is C16H24FNO2. The molecule has 0 bridgehead atoms. The van der Waals surface area contributed by atoms with Crippen molar-refractivity contribution in [3.8, 4) is 0 Å². The van der Waals surface area contributed by atoms with Gasteiger partial charge in [0.25, 0.3) is 0 Å². The highest BCUT2D eigenvalue weighted by Crippen LogP contribution is 2.09. The lowest BCUT2D eigenvalue weighted by atomic mass is 10.0. The zero-order valence-electron chi connectivity index (χ0n) is 12.2. The molecule has 2 N–H and O–H groups in total. The lowest BCUT2D eigenvalue weighted by Crippen LogP contribution is -2.42. The largest absolute Gasteiger partial charge is 0.480 e. The average molecular weight is 281 g/mol. The van der Waals surface area contributed by atoms with Gasteiger partial charge in [-0.3, -0.25) is 4.79 Å². The normalized spacial score (nSPS) is 13.9. The van der Waals surface area contributed by atoms with Crippen LogP contribution in [0.4, 0.5) is 4.39 Å². The predicted octanol–water partition coefficient (Wildman–Crippen LogP) is 3.38. The zero-order valence-corrected chi connectivity index (χ0v) is 12.2. The number of halogens is 1. The fraction of sp³-hybridized carbons (Fsp3) is 0.562. The summed E-state index contributed by atoms with van der Waals surface area (Å²) in [5.74, 6) is -1.02. The fourth-order valence-electron chi connectivity index (χ4n) is 2.19. The summed E-state index contributed by atoms with van der Waals surface area (Å²) in [4.78, 5) is 11.1. The monoisotopic (exact) mass is 281 g/mol. The highest BCUT2D eigenvalue weighted by molar-refractivity contribution is 5.73. The Hall–Kier alpha value is -1.42. The van der Waals surface area contributed by atoms with Crippen LogP contribution in [0.1, 0.15) is 45.1 Å². The first-order valence-electron chi connectivity index (χ1n) is 7.26. The third kappa shape index (κ3) is 6.15. The van der Waals surface area contributed by atoms with E-state index in [0.717, 1.165) is 31.2 Å². The van der Waals surface area contributed by atoms with Gasteiger partial charge < -0.3 is 10.4 Å². The van der Waals surface area contributed by atoms with Crippen molar-refractivity contribution in [2.24, 2.45) is 0 Å². The van der Waals surface area contributed by atoms with E-state index in [9.17, 15) is 9.18 Å². The minimum atomic E-state index is -0.795. The minimum absolute atomic E-state index is 0.0937. The van der Waals surface area contributed by atoms with Gasteiger partial charge in [0.1, 0.15) is 11.9 Å². The molecule has 1 aromatic carbocycles. The molecule has 20 heavy (non-hydrogen) atoms. The number of benzene rings is 1. The van der Waals surface area contributed by atoms with Crippen molar-refractivity contribution < 1.29 is 14.3 Å². The van der Waals surface area contributed by atoms with Gasteiger partial charge in [-0.2, -0.15) is 0 Å². The Morgan fingerprint density at radius 2 is 2.15 bits per heavy atom. The first-order valence-corrected chi connectivity index (χ1v) is 7.26. The van der Waals surface area contributed by atoms with Gasteiger partial charge in [-0.25, -0.2) is 4.39 Å². The summed E-state index contributed by atoms with van der Waals surface area (Å²) in [5.41, 5.74) is 0.944. The molecule has 1 unspecified atom stereocenters. The van der Waals surface area contributed by atoms with Gasteiger partial charge in [0, 0.05) is 6.04 Å². The van der Waals surface area contributed by atoms with Crippen LogP contribution in [0.25, 0.3) is 0 Å². The molecule has 0 radical (unpaired) electrons. The standard InChI is InChI=1S/C16H24FNO2/c1-3-4-8-15(16(19)20)18-12(2)9-10-13-6-5-7-14(17)11-13/h5-7,11-12,15,18H,3-4,8-10H2,1-2H3,(H,19,20)/t12?,15-/m0/s1. The van der Waals surface area contributed by atoms with E-state index in [0.29, 0.717) is 6.42 Å². The second-order valence-corrected chi connectivity index (χ2v) is 5.27. The number of hydrogen-bond donors (Lipinski definition) is 2. The van der Waals surface area contributed by atoms with Gasteiger partial charge in [-0.1, -0.05) is 31.9 Å². The number of aliphatic carboxylic acids is 1. The number of hydrogen-bond acceptors (Lipinski definition) is 2. The van der Waals surface area contributed by atoms with Crippen molar-refractivity contribution in [1.29, 1.82) is 0 Å². The number of nitrogens with one attached hydrogen (secondary N) is 1. The number of rotatable bonds is 9. The number of carboxylic acids is 1. The van der Waals surface area contributed by atoms with Crippen LogP contribution in [-0.2, 0) is 11.2 Å². The Balaban J connectivity index is 2.41. The minimum Gasteiger partial charge on any atom is -0.480 e. The van der Waals surface area contributed by atoms with E-state index in [1.54, 1.807) is 6.07 Å². The zero-order chi connectivity index (χ0) is 15.0. The quantitative estimate of drug-likeness (QED) is 0.729. The van der Waals surface area contributed by atoms with Crippen molar-refractivity contribution in [3.05, 3.63) is 35.6 Å². The molecule has 0 heterocycles. The lowest BCUT2D eigenvalue weighted by molar-refractivity contribution is -0.139. The Labute approximate surface area is 120 Å². The molecule has 0 spiro atoms. The molecule has 0 aromatic heterocycles. The maximum absolute atomic E-state index is 13.1. The molecule has 0 aliphatic heterocycles. The van der Waals surface area contributed by atoms with Gasteiger partial charge >= 0.3 is 5.97 Å². The summed E-state index contributed by atoms with van der Waals surface area (Å²) in [6.07, 6.45) is 4.07. The predicted molar refractivity (Wildman–Crippen MR) is 78.3 cm³/mol. The summed E-state index contributed by atoms with van der Waals surface area (Å²) in [5, 5.41) is 12.3. The van der Waals surface area contributed by atoms with Crippen LogP contribution < -0.4 is 5.32 Å². The molecule has 0 fully saturated rings. The van der Waals surface area contributed by atoms with Crippen molar-refractivity contribution >= 4 is 5.97 Å². The SMILES string of the molecule is CCCC[C@H](NC(C)CCc1cccc(F)c1)C(=O)O. The van der Waals surface area contributed by atoms with Gasteiger partial charge in [-0.15, -0.1) is 0 Å². The fourth-order valence-corrected chi connectivity index (χ4v) is 2.19. The first-order chi connectivity index (χ1) is 9.52. The van der Waals surface area contributed by atoms with Crippen molar-refractivity contribution in [3.63, 3.8) is 0 Å². The summed E-state index contributed by atoms with van der Waals surface area (Å²) in [6, 6.07) is 6.15. The second-order valence-electron chi connectivity index (χ2n) is 5.27. The smallest absolute Gasteiger partial charge is 0.320 e. The number of unbranched alkanes of at least 4 members (excludes halogenated alkanes) is 1. The third-order valence-corrected chi connectivity index (χ3v) is 3.39. The van der Waals surface area contributed by atoms with E-state index in [1.807, 2.05) is 19.9 Å². The summed E-state index contributed by atoms with van der Waals surface area (Å²) >= 11 is 0. The number of carboxylic acid groups (broad SMARTS) is 1. The van der Waals surface area contributed by atoms with Crippen LogP contribution in [-0.4, -0.2) is 23.2 Å². The molecule has 3 nitrogen and oxygen atoms in total. The van der Waals surface area contributed by atoms with E-state index >= 15 is 0 Å². The van der Waals surface area contributed by atoms with Gasteiger partial charge in [0.15, 0.2) is 0 Å². The third-order valence-electron chi connectivity index (χ3n) is 3.39. The molecule has 0 aliphatic rings. The van der Waals surface area contributed by atoms with Gasteiger partial charge in [0.05, 0.1) is 0 Å². The van der Waals surface area contributed by atoms with Crippen LogP contribution in [0.5, 0.6) is 0 Å². The molecule has 0 saturated heterocycles. The molecule has 0 amide bonds. The molecule has 4 heteroatoms. The maximum atomic E-state index is 13.1. The Morgan fingerprint density at radius 3 is 2.75 bits per heavy atom. The number of aryl methyl sites for hydroxylation is 1. The Bertz CT molecular complexity index is 423. The van der Waals surface area contributed by atoms with Gasteiger partial charge in [0.2, 0.25) is 0 Å². The summed E-state index contributed by atoms with van der Waals surface area (Å²) in [6.45, 7) is 4.02. The van der Waals surface area contributed by atoms with Crippen LogP contribution >= 0.6 is 0 Å². The van der Waals surface area contributed by atoms with Crippen LogP contribution in [0.15, 0.2) is 24.3 Å². The molecule has 0 saturated carbocycles.